The summed E-state index contributed by atoms with van der Waals surface area (Å²) < 4.78 is 29.5. The fraction of sp³-hybridized carbons (Fsp3) is 0.889. The molecule has 1 rings (SSSR count). The van der Waals surface area contributed by atoms with E-state index in [9.17, 15) is 13.2 Å². The Morgan fingerprint density at radius 3 is 2.81 bits per heavy atom. The first-order chi connectivity index (χ1) is 7.47. The standard InChI is InChI=1S/C9H17NO5S/c1-15-5-6-16(13,14)10-4-2-3-8(7-10)9(11)12/h8H,2-7H2,1H3,(H,11,12). The maximum absolute atomic E-state index is 11.8. The van der Waals surface area contributed by atoms with E-state index >= 15 is 0 Å². The van der Waals surface area contributed by atoms with Gasteiger partial charge < -0.3 is 9.84 Å². The number of hydrogen-bond acceptors (Lipinski definition) is 4. The molecule has 0 amide bonds. The monoisotopic (exact) mass is 251 g/mol. The Bertz CT molecular complexity index is 340. The molecule has 94 valence electrons. The lowest BCUT2D eigenvalue weighted by atomic mass is 10.0. The van der Waals surface area contributed by atoms with Gasteiger partial charge in [0.05, 0.1) is 18.3 Å². The summed E-state index contributed by atoms with van der Waals surface area (Å²) >= 11 is 0. The molecule has 0 saturated carbocycles. The molecule has 1 atom stereocenters. The maximum Gasteiger partial charge on any atom is 0.307 e. The highest BCUT2D eigenvalue weighted by molar-refractivity contribution is 7.89. The fourth-order valence-electron chi connectivity index (χ4n) is 1.71. The number of rotatable bonds is 5. The van der Waals surface area contributed by atoms with Gasteiger partial charge in [-0.2, -0.15) is 0 Å². The van der Waals surface area contributed by atoms with Crippen LogP contribution in [-0.4, -0.2) is 56.4 Å². The molecule has 16 heavy (non-hydrogen) atoms. The number of methoxy groups -OCH3 is 1. The van der Waals surface area contributed by atoms with Gasteiger partial charge in [-0.25, -0.2) is 12.7 Å². The van der Waals surface area contributed by atoms with Crippen LogP contribution in [0.5, 0.6) is 0 Å². The number of nitrogens with zero attached hydrogens (tertiary/aromatic N) is 1. The van der Waals surface area contributed by atoms with Crippen molar-refractivity contribution in [3.63, 3.8) is 0 Å². The van der Waals surface area contributed by atoms with Crippen LogP contribution in [0.2, 0.25) is 0 Å². The van der Waals surface area contributed by atoms with Crippen LogP contribution in [0.15, 0.2) is 0 Å². The predicted molar refractivity (Wildman–Crippen MR) is 57.6 cm³/mol. The second kappa shape index (κ2) is 5.60. The molecule has 1 N–H and O–H groups in total. The zero-order chi connectivity index (χ0) is 12.2. The highest BCUT2D eigenvalue weighted by Crippen LogP contribution is 2.19. The highest BCUT2D eigenvalue weighted by Gasteiger charge is 2.31. The van der Waals surface area contributed by atoms with E-state index in [-0.39, 0.29) is 18.9 Å². The second-order valence-corrected chi connectivity index (χ2v) is 5.93. The van der Waals surface area contributed by atoms with E-state index in [1.165, 1.54) is 11.4 Å². The summed E-state index contributed by atoms with van der Waals surface area (Å²) in [4.78, 5) is 10.8. The fourth-order valence-corrected chi connectivity index (χ4v) is 3.16. The third-order valence-electron chi connectivity index (χ3n) is 2.67. The number of carboxylic acids is 1. The number of carboxylic acid groups (broad SMARTS) is 1. The third-order valence-corrected chi connectivity index (χ3v) is 4.47. The topological polar surface area (TPSA) is 83.9 Å². The molecule has 0 radical (unpaired) electrons. The molecule has 1 unspecified atom stereocenters. The Morgan fingerprint density at radius 1 is 1.56 bits per heavy atom. The molecule has 0 aromatic carbocycles. The van der Waals surface area contributed by atoms with Crippen LogP contribution < -0.4 is 0 Å². The molecule has 1 saturated heterocycles. The smallest absolute Gasteiger partial charge is 0.307 e. The van der Waals surface area contributed by atoms with Crippen molar-refractivity contribution in [2.45, 2.75) is 12.8 Å². The van der Waals surface area contributed by atoms with Gasteiger partial charge in [0.15, 0.2) is 0 Å². The molecule has 1 aliphatic heterocycles. The SMILES string of the molecule is COCCS(=O)(=O)N1CCCC(C(=O)O)C1. The van der Waals surface area contributed by atoms with Crippen molar-refractivity contribution in [1.29, 1.82) is 0 Å². The first-order valence-electron chi connectivity index (χ1n) is 5.17. The van der Waals surface area contributed by atoms with Crippen molar-refractivity contribution < 1.29 is 23.1 Å². The lowest BCUT2D eigenvalue weighted by Gasteiger charge is -2.29. The van der Waals surface area contributed by atoms with Gasteiger partial charge in [-0.05, 0) is 12.8 Å². The Balaban J connectivity index is 2.62. The zero-order valence-corrected chi connectivity index (χ0v) is 10.1. The molecular weight excluding hydrogens is 234 g/mol. The predicted octanol–water partition coefficient (Wildman–Crippen LogP) is -0.241. The third kappa shape index (κ3) is 3.43. The summed E-state index contributed by atoms with van der Waals surface area (Å²) in [5.41, 5.74) is 0. The number of piperidine rings is 1. The summed E-state index contributed by atoms with van der Waals surface area (Å²) in [6.45, 7) is 0.633. The van der Waals surface area contributed by atoms with Gasteiger partial charge in [-0.3, -0.25) is 4.79 Å². The van der Waals surface area contributed by atoms with Gasteiger partial charge in [0.25, 0.3) is 0 Å². The summed E-state index contributed by atoms with van der Waals surface area (Å²) in [5.74, 6) is -1.59. The van der Waals surface area contributed by atoms with E-state index in [0.29, 0.717) is 19.4 Å². The minimum absolute atomic E-state index is 0.0847. The van der Waals surface area contributed by atoms with Crippen LogP contribution in [0.4, 0.5) is 0 Å². The Labute approximate surface area is 95.2 Å². The zero-order valence-electron chi connectivity index (χ0n) is 9.26. The number of hydrogen-bond donors (Lipinski definition) is 1. The van der Waals surface area contributed by atoms with E-state index < -0.39 is 21.9 Å². The number of sulfonamides is 1. The summed E-state index contributed by atoms with van der Waals surface area (Å²) in [7, 11) is -1.93. The molecule has 1 fully saturated rings. The first kappa shape index (κ1) is 13.4. The van der Waals surface area contributed by atoms with Gasteiger partial charge in [0.2, 0.25) is 10.0 Å². The molecule has 1 heterocycles. The minimum Gasteiger partial charge on any atom is -0.481 e. The van der Waals surface area contributed by atoms with Crippen LogP contribution in [0.3, 0.4) is 0 Å². The van der Waals surface area contributed by atoms with Crippen LogP contribution in [0, 0.1) is 5.92 Å². The molecule has 1 aliphatic rings. The number of carbonyl (C=O) groups is 1. The van der Waals surface area contributed by atoms with Crippen LogP contribution in [0.25, 0.3) is 0 Å². The van der Waals surface area contributed by atoms with E-state index in [1.807, 2.05) is 0 Å². The van der Waals surface area contributed by atoms with Crippen LogP contribution >= 0.6 is 0 Å². The van der Waals surface area contributed by atoms with Crippen LogP contribution in [-0.2, 0) is 19.6 Å². The molecule has 0 aromatic rings. The lowest BCUT2D eigenvalue weighted by molar-refractivity contribution is -0.142. The van der Waals surface area contributed by atoms with Gasteiger partial charge in [-0.1, -0.05) is 0 Å². The number of ether oxygens (including phenoxy) is 1. The van der Waals surface area contributed by atoms with Crippen molar-refractivity contribution in [3.8, 4) is 0 Å². The van der Waals surface area contributed by atoms with Crippen LogP contribution in [0.1, 0.15) is 12.8 Å². The summed E-state index contributed by atoms with van der Waals surface area (Å²) in [6.07, 6.45) is 1.15. The van der Waals surface area contributed by atoms with Crippen molar-refractivity contribution >= 4 is 16.0 Å². The molecule has 6 nitrogen and oxygen atoms in total. The molecule has 7 heteroatoms. The first-order valence-corrected chi connectivity index (χ1v) is 6.78. The van der Waals surface area contributed by atoms with Crippen molar-refractivity contribution in [2.75, 3.05) is 32.6 Å². The van der Waals surface area contributed by atoms with Gasteiger partial charge in [0.1, 0.15) is 0 Å². The van der Waals surface area contributed by atoms with Crippen molar-refractivity contribution in [2.24, 2.45) is 5.92 Å². The molecule has 0 aromatic heterocycles. The summed E-state index contributed by atoms with van der Waals surface area (Å²) in [5, 5.41) is 8.85. The largest absolute Gasteiger partial charge is 0.481 e. The average Bonchev–Trinajstić information content (AvgIpc) is 2.26. The number of aliphatic carboxylic acids is 1. The normalized spacial score (nSPS) is 23.2. The second-order valence-electron chi connectivity index (χ2n) is 3.84. The Kier molecular flexibility index (Phi) is 4.69. The van der Waals surface area contributed by atoms with Gasteiger partial charge in [0, 0.05) is 20.2 Å². The quantitative estimate of drug-likeness (QED) is 0.729. The highest BCUT2D eigenvalue weighted by atomic mass is 32.2. The Morgan fingerprint density at radius 2 is 2.25 bits per heavy atom. The van der Waals surface area contributed by atoms with E-state index in [1.54, 1.807) is 0 Å². The molecule has 0 spiro atoms. The molecule has 0 bridgehead atoms. The van der Waals surface area contributed by atoms with E-state index in [0.717, 1.165) is 0 Å². The van der Waals surface area contributed by atoms with Crippen molar-refractivity contribution in [1.82, 2.24) is 4.31 Å². The van der Waals surface area contributed by atoms with Gasteiger partial charge >= 0.3 is 5.97 Å². The lowest BCUT2D eigenvalue weighted by Crippen LogP contribution is -2.43. The average molecular weight is 251 g/mol. The van der Waals surface area contributed by atoms with E-state index in [4.69, 9.17) is 9.84 Å². The molecule has 0 aliphatic carbocycles. The molecular formula is C9H17NO5S. The minimum atomic E-state index is -3.37. The Hall–Kier alpha value is -0.660. The van der Waals surface area contributed by atoms with Gasteiger partial charge in [-0.15, -0.1) is 0 Å². The summed E-state index contributed by atoms with van der Waals surface area (Å²) in [6, 6.07) is 0. The van der Waals surface area contributed by atoms with Crippen molar-refractivity contribution in [3.05, 3.63) is 0 Å². The maximum atomic E-state index is 11.8. The van der Waals surface area contributed by atoms with E-state index in [2.05, 4.69) is 0 Å².